The summed E-state index contributed by atoms with van der Waals surface area (Å²) in [4.78, 5) is 37.4. The van der Waals surface area contributed by atoms with E-state index in [9.17, 15) is 14.4 Å². The molecule has 0 saturated heterocycles. The second kappa shape index (κ2) is 10.2. The molecule has 0 fully saturated rings. The van der Waals surface area contributed by atoms with Crippen molar-refractivity contribution in [2.75, 3.05) is 18.7 Å². The number of para-hydroxylation sites is 1. The normalized spacial score (nSPS) is 11.6. The maximum absolute atomic E-state index is 13.0. The van der Waals surface area contributed by atoms with Gasteiger partial charge in [-0.2, -0.15) is 5.10 Å². The van der Waals surface area contributed by atoms with E-state index in [-0.39, 0.29) is 12.4 Å². The number of carbonyl (C=O) groups excluding carboxylic acids is 3. The Morgan fingerprint density at radius 3 is 2.51 bits per heavy atom. The number of anilines is 1. The van der Waals surface area contributed by atoms with E-state index in [1.54, 1.807) is 29.1 Å². The highest BCUT2D eigenvalue weighted by atomic mass is 16.7. The quantitative estimate of drug-likeness (QED) is 0.384. The van der Waals surface area contributed by atoms with Crippen LogP contribution < -0.4 is 20.1 Å². The molecule has 0 spiro atoms. The Bertz CT molecular complexity index is 1460. The summed E-state index contributed by atoms with van der Waals surface area (Å²) in [5.74, 6) is -0.490. The maximum Gasteiger partial charge on any atom is 0.342 e. The van der Waals surface area contributed by atoms with Gasteiger partial charge >= 0.3 is 12.0 Å². The summed E-state index contributed by atoms with van der Waals surface area (Å²) in [7, 11) is 0. The van der Waals surface area contributed by atoms with Crippen molar-refractivity contribution in [3.8, 4) is 28.4 Å². The molecule has 0 radical (unpaired) electrons. The van der Waals surface area contributed by atoms with Gasteiger partial charge in [-0.3, -0.25) is 10.1 Å². The average Bonchev–Trinajstić information content (AvgIpc) is 3.55. The number of nitrogens with one attached hydrogen (secondary N) is 2. The van der Waals surface area contributed by atoms with Crippen molar-refractivity contribution in [3.63, 3.8) is 0 Å². The molecule has 1 aliphatic rings. The molecule has 10 heteroatoms. The highest BCUT2D eigenvalue weighted by Gasteiger charge is 2.22. The number of aryl methyl sites for hydroxylation is 1. The molecule has 3 amide bonds. The first-order valence-corrected chi connectivity index (χ1v) is 11.4. The van der Waals surface area contributed by atoms with Crippen LogP contribution in [0, 0.1) is 6.92 Å². The molecule has 37 heavy (non-hydrogen) atoms. The third-order valence-electron chi connectivity index (χ3n) is 5.50. The summed E-state index contributed by atoms with van der Waals surface area (Å²) in [6.07, 6.45) is 1.55. The van der Waals surface area contributed by atoms with Crippen LogP contribution in [-0.2, 0) is 9.53 Å². The maximum atomic E-state index is 13.0. The Morgan fingerprint density at radius 2 is 1.73 bits per heavy atom. The fraction of sp³-hybridized carbons (Fsp3) is 0.111. The molecule has 0 aliphatic carbocycles. The van der Waals surface area contributed by atoms with Gasteiger partial charge in [0.05, 0.1) is 5.69 Å². The second-order valence-corrected chi connectivity index (χ2v) is 8.18. The number of hydrogen-bond donors (Lipinski definition) is 2. The minimum absolute atomic E-state index is 0.102. The summed E-state index contributed by atoms with van der Waals surface area (Å²) in [6.45, 7) is 1.41. The summed E-state index contributed by atoms with van der Waals surface area (Å²) < 4.78 is 17.3. The number of nitrogens with zero attached hydrogens (tertiary/aromatic N) is 2. The number of hydrogen-bond acceptors (Lipinski definition) is 7. The highest BCUT2D eigenvalue weighted by molar-refractivity contribution is 6.03. The summed E-state index contributed by atoms with van der Waals surface area (Å²) in [5.41, 5.74) is 3.54. The number of benzene rings is 3. The molecule has 1 aromatic heterocycles. The van der Waals surface area contributed by atoms with Crippen LogP contribution >= 0.6 is 0 Å². The van der Waals surface area contributed by atoms with Crippen LogP contribution in [-0.4, -0.2) is 41.1 Å². The zero-order valence-corrected chi connectivity index (χ0v) is 19.8. The van der Waals surface area contributed by atoms with Gasteiger partial charge in [0.2, 0.25) is 6.79 Å². The molecule has 4 aromatic rings. The van der Waals surface area contributed by atoms with Gasteiger partial charge in [0.15, 0.2) is 18.1 Å². The SMILES string of the molecule is Cc1ccc(-c2nn(-c3ccccc3)cc2C(=O)OCC(=O)NC(=O)Nc2ccc3c(c2)OCO3)cc1. The van der Waals surface area contributed by atoms with E-state index in [0.29, 0.717) is 22.9 Å². The van der Waals surface area contributed by atoms with Crippen LogP contribution in [0.4, 0.5) is 10.5 Å². The minimum Gasteiger partial charge on any atom is -0.454 e. The third-order valence-corrected chi connectivity index (χ3v) is 5.50. The minimum atomic E-state index is -0.793. The average molecular weight is 498 g/mol. The van der Waals surface area contributed by atoms with Gasteiger partial charge in [-0.15, -0.1) is 0 Å². The Labute approximate surface area is 211 Å². The number of rotatable bonds is 6. The third kappa shape index (κ3) is 5.43. The first-order valence-electron chi connectivity index (χ1n) is 11.4. The standard InChI is InChI=1S/C27H22N4O6/c1-17-7-9-18(10-8-17)25-21(14-31(30-25)20-5-3-2-4-6-20)26(33)35-15-24(32)29-27(34)28-19-11-12-22-23(13-19)37-16-36-22/h2-14H,15-16H2,1H3,(H2,28,29,32,34). The second-order valence-electron chi connectivity index (χ2n) is 8.18. The molecule has 10 nitrogen and oxygen atoms in total. The molecule has 0 bridgehead atoms. The van der Waals surface area contributed by atoms with Gasteiger partial charge in [0, 0.05) is 23.5 Å². The van der Waals surface area contributed by atoms with Gasteiger partial charge < -0.3 is 19.5 Å². The van der Waals surface area contributed by atoms with Crippen molar-refractivity contribution in [2.45, 2.75) is 6.92 Å². The van der Waals surface area contributed by atoms with Crippen LogP contribution in [0.15, 0.2) is 79.0 Å². The van der Waals surface area contributed by atoms with Crippen molar-refractivity contribution in [1.82, 2.24) is 15.1 Å². The van der Waals surface area contributed by atoms with E-state index in [1.165, 1.54) is 0 Å². The molecule has 2 N–H and O–H groups in total. The molecule has 2 heterocycles. The number of urea groups is 1. The zero-order valence-electron chi connectivity index (χ0n) is 19.8. The lowest BCUT2D eigenvalue weighted by atomic mass is 10.1. The highest BCUT2D eigenvalue weighted by Crippen LogP contribution is 2.34. The predicted octanol–water partition coefficient (Wildman–Crippen LogP) is 4.08. The Balaban J connectivity index is 1.25. The summed E-state index contributed by atoms with van der Waals surface area (Å²) in [6, 6.07) is 20.9. The number of carbonyl (C=O) groups is 3. The number of ether oxygens (including phenoxy) is 3. The lowest BCUT2D eigenvalue weighted by Crippen LogP contribution is -2.37. The molecule has 0 atom stereocenters. The van der Waals surface area contributed by atoms with Crippen molar-refractivity contribution >= 4 is 23.6 Å². The molecule has 5 rings (SSSR count). The Morgan fingerprint density at radius 1 is 0.973 bits per heavy atom. The predicted molar refractivity (Wildman–Crippen MR) is 134 cm³/mol. The number of aromatic nitrogens is 2. The van der Waals surface area contributed by atoms with Crippen molar-refractivity contribution in [2.24, 2.45) is 0 Å². The number of esters is 1. The van der Waals surface area contributed by atoms with Crippen molar-refractivity contribution < 1.29 is 28.6 Å². The summed E-state index contributed by atoms with van der Waals surface area (Å²) >= 11 is 0. The molecule has 1 aliphatic heterocycles. The van der Waals surface area contributed by atoms with E-state index in [4.69, 9.17) is 14.2 Å². The molecule has 0 saturated carbocycles. The monoisotopic (exact) mass is 498 g/mol. The molecular formula is C27H22N4O6. The Kier molecular flexibility index (Phi) is 6.54. The van der Waals surface area contributed by atoms with E-state index in [1.807, 2.05) is 61.5 Å². The van der Waals surface area contributed by atoms with Gasteiger partial charge in [0.25, 0.3) is 5.91 Å². The molecule has 0 unspecified atom stereocenters. The van der Waals surface area contributed by atoms with Crippen LogP contribution in [0.2, 0.25) is 0 Å². The number of fused-ring (bicyclic) bond motifs is 1. The lowest BCUT2D eigenvalue weighted by Gasteiger charge is -2.08. The van der Waals surface area contributed by atoms with Gasteiger partial charge in [-0.25, -0.2) is 14.3 Å². The van der Waals surface area contributed by atoms with E-state index >= 15 is 0 Å². The van der Waals surface area contributed by atoms with E-state index < -0.39 is 24.5 Å². The smallest absolute Gasteiger partial charge is 0.342 e. The summed E-state index contributed by atoms with van der Waals surface area (Å²) in [5, 5.41) is 9.23. The van der Waals surface area contributed by atoms with Crippen molar-refractivity contribution in [3.05, 3.63) is 90.1 Å². The van der Waals surface area contributed by atoms with E-state index in [0.717, 1.165) is 16.8 Å². The first kappa shape index (κ1) is 23.6. The fourth-order valence-electron chi connectivity index (χ4n) is 3.67. The van der Waals surface area contributed by atoms with E-state index in [2.05, 4.69) is 15.7 Å². The number of imide groups is 1. The zero-order chi connectivity index (χ0) is 25.8. The van der Waals surface area contributed by atoms with Crippen LogP contribution in [0.3, 0.4) is 0 Å². The van der Waals surface area contributed by atoms with Crippen LogP contribution in [0.1, 0.15) is 15.9 Å². The van der Waals surface area contributed by atoms with Crippen LogP contribution in [0.25, 0.3) is 16.9 Å². The molecule has 3 aromatic carbocycles. The topological polar surface area (TPSA) is 121 Å². The molecular weight excluding hydrogens is 476 g/mol. The van der Waals surface area contributed by atoms with Gasteiger partial charge in [-0.1, -0.05) is 48.0 Å². The molecule has 186 valence electrons. The van der Waals surface area contributed by atoms with Crippen molar-refractivity contribution in [1.29, 1.82) is 0 Å². The lowest BCUT2D eigenvalue weighted by molar-refractivity contribution is -0.123. The largest absolute Gasteiger partial charge is 0.454 e. The fourth-order valence-corrected chi connectivity index (χ4v) is 3.67. The first-order chi connectivity index (χ1) is 18.0. The Hall–Kier alpha value is -5.12. The number of amides is 3. The van der Waals surface area contributed by atoms with Gasteiger partial charge in [0.1, 0.15) is 11.3 Å². The van der Waals surface area contributed by atoms with Gasteiger partial charge in [-0.05, 0) is 31.2 Å². The van der Waals surface area contributed by atoms with Crippen LogP contribution in [0.5, 0.6) is 11.5 Å².